The van der Waals surface area contributed by atoms with Gasteiger partial charge in [0, 0.05) is 42.7 Å². The number of thioether (sulfide) groups is 1. The van der Waals surface area contributed by atoms with Gasteiger partial charge in [0.1, 0.15) is 0 Å². The van der Waals surface area contributed by atoms with E-state index in [9.17, 15) is 8.42 Å². The fourth-order valence-corrected chi connectivity index (χ4v) is 5.12. The second-order valence-electron chi connectivity index (χ2n) is 5.89. The van der Waals surface area contributed by atoms with E-state index in [-0.39, 0.29) is 36.3 Å². The van der Waals surface area contributed by atoms with Crippen LogP contribution in [-0.4, -0.2) is 68.7 Å². The fourth-order valence-electron chi connectivity index (χ4n) is 2.54. The molecule has 1 aromatic rings. The van der Waals surface area contributed by atoms with E-state index < -0.39 is 10.0 Å². The molecule has 1 aromatic carbocycles. The minimum Gasteiger partial charge on any atom is -0.357 e. The molecule has 0 bridgehead atoms. The Morgan fingerprint density at radius 2 is 1.89 bits per heavy atom. The van der Waals surface area contributed by atoms with Crippen molar-refractivity contribution in [2.45, 2.75) is 13.3 Å². The van der Waals surface area contributed by atoms with E-state index in [0.717, 1.165) is 29.5 Å². The van der Waals surface area contributed by atoms with Gasteiger partial charge in [0.2, 0.25) is 10.0 Å². The molecule has 0 saturated carbocycles. The molecule has 0 spiro atoms. The molecule has 6 nitrogen and oxygen atoms in total. The van der Waals surface area contributed by atoms with E-state index in [2.05, 4.69) is 15.6 Å². The van der Waals surface area contributed by atoms with E-state index in [1.165, 1.54) is 5.56 Å². The molecule has 1 aliphatic heterocycles. The van der Waals surface area contributed by atoms with Crippen molar-refractivity contribution in [3.05, 3.63) is 34.9 Å². The Bertz CT molecular complexity index is 681. The van der Waals surface area contributed by atoms with E-state index in [1.54, 1.807) is 16.1 Å². The van der Waals surface area contributed by atoms with Crippen molar-refractivity contribution in [3.63, 3.8) is 0 Å². The molecule has 0 amide bonds. The van der Waals surface area contributed by atoms with Crippen LogP contribution in [0.1, 0.15) is 12.5 Å². The summed E-state index contributed by atoms with van der Waals surface area (Å²) in [6, 6.07) is 7.75. The van der Waals surface area contributed by atoms with Gasteiger partial charge in [-0.2, -0.15) is 11.8 Å². The molecule has 0 atom stereocenters. The van der Waals surface area contributed by atoms with Crippen LogP contribution in [0.4, 0.5) is 0 Å². The van der Waals surface area contributed by atoms with Crippen LogP contribution in [0.2, 0.25) is 5.02 Å². The predicted molar refractivity (Wildman–Crippen MR) is 127 cm³/mol. The quantitative estimate of drug-likeness (QED) is 0.298. The van der Waals surface area contributed by atoms with Crippen molar-refractivity contribution >= 4 is 63.3 Å². The fraction of sp³-hybridized carbons (Fsp3) is 0.588. The van der Waals surface area contributed by atoms with Crippen LogP contribution in [0.15, 0.2) is 29.3 Å². The van der Waals surface area contributed by atoms with Crippen LogP contribution in [0.5, 0.6) is 0 Å². The first-order valence-corrected chi connectivity index (χ1v) is 12.0. The van der Waals surface area contributed by atoms with Crippen molar-refractivity contribution in [1.82, 2.24) is 14.9 Å². The maximum atomic E-state index is 12.3. The first kappa shape index (κ1) is 24.8. The average molecular weight is 547 g/mol. The number of hydrogen-bond acceptors (Lipinski definition) is 4. The van der Waals surface area contributed by atoms with Gasteiger partial charge in [0.05, 0.1) is 12.3 Å². The molecule has 0 radical (unpaired) electrons. The smallest absolute Gasteiger partial charge is 0.215 e. The first-order chi connectivity index (χ1) is 12.5. The summed E-state index contributed by atoms with van der Waals surface area (Å²) in [5.41, 5.74) is 1.18. The molecule has 27 heavy (non-hydrogen) atoms. The number of rotatable bonds is 8. The zero-order chi connectivity index (χ0) is 18.8. The van der Waals surface area contributed by atoms with Gasteiger partial charge >= 0.3 is 0 Å². The highest BCUT2D eigenvalue weighted by Crippen LogP contribution is 2.13. The van der Waals surface area contributed by atoms with Gasteiger partial charge in [0.25, 0.3) is 0 Å². The van der Waals surface area contributed by atoms with Crippen LogP contribution < -0.4 is 10.6 Å². The molecule has 0 aromatic heterocycles. The summed E-state index contributed by atoms with van der Waals surface area (Å²) in [5.74, 6) is 2.44. The normalized spacial score (nSPS) is 15.9. The van der Waals surface area contributed by atoms with E-state index in [1.807, 2.05) is 31.2 Å². The number of halogens is 2. The highest BCUT2D eigenvalue weighted by atomic mass is 127. The van der Waals surface area contributed by atoms with Crippen molar-refractivity contribution < 1.29 is 8.42 Å². The number of hydrogen-bond donors (Lipinski definition) is 2. The third kappa shape index (κ3) is 9.21. The molecule has 10 heteroatoms. The van der Waals surface area contributed by atoms with Gasteiger partial charge in [-0.25, -0.2) is 12.7 Å². The lowest BCUT2D eigenvalue weighted by atomic mass is 10.1. The average Bonchev–Trinajstić information content (AvgIpc) is 2.64. The van der Waals surface area contributed by atoms with Crippen LogP contribution in [0, 0.1) is 0 Å². The number of guanidine groups is 1. The Morgan fingerprint density at radius 1 is 1.22 bits per heavy atom. The maximum absolute atomic E-state index is 12.3. The monoisotopic (exact) mass is 546 g/mol. The topological polar surface area (TPSA) is 73.8 Å². The Hall–Kier alpha value is -0.230. The van der Waals surface area contributed by atoms with Gasteiger partial charge in [0.15, 0.2) is 5.96 Å². The molecular weight excluding hydrogens is 519 g/mol. The van der Waals surface area contributed by atoms with Gasteiger partial charge in [-0.05, 0) is 31.0 Å². The van der Waals surface area contributed by atoms with Crippen molar-refractivity contribution in [2.24, 2.45) is 4.99 Å². The van der Waals surface area contributed by atoms with Crippen molar-refractivity contribution in [2.75, 3.05) is 50.0 Å². The highest BCUT2D eigenvalue weighted by molar-refractivity contribution is 14.0. The molecule has 154 valence electrons. The standard InChI is InChI=1S/C17H27ClN4O2S2.HI/c1-2-19-17(20-8-7-15-3-5-16(18)6-4-15)21-9-14-26(23,24)22-10-12-25-13-11-22;/h3-6H,2,7-14H2,1H3,(H2,19,20,21);1H. The molecule has 1 fully saturated rings. The lowest BCUT2D eigenvalue weighted by Gasteiger charge is -2.25. The lowest BCUT2D eigenvalue weighted by molar-refractivity contribution is 0.444. The van der Waals surface area contributed by atoms with Crippen LogP contribution in [0.25, 0.3) is 0 Å². The third-order valence-electron chi connectivity index (χ3n) is 3.95. The largest absolute Gasteiger partial charge is 0.357 e. The van der Waals surface area contributed by atoms with Crippen molar-refractivity contribution in [3.8, 4) is 0 Å². The number of benzene rings is 1. The predicted octanol–water partition coefficient (Wildman–Crippen LogP) is 2.43. The van der Waals surface area contributed by atoms with Gasteiger partial charge in [-0.3, -0.25) is 4.99 Å². The van der Waals surface area contributed by atoms with Gasteiger partial charge in [-0.15, -0.1) is 24.0 Å². The summed E-state index contributed by atoms with van der Waals surface area (Å²) in [5, 5.41) is 7.12. The third-order valence-corrected chi connectivity index (χ3v) is 6.99. The minimum atomic E-state index is -3.22. The number of nitrogens with one attached hydrogen (secondary N) is 2. The molecule has 0 aliphatic carbocycles. The highest BCUT2D eigenvalue weighted by Gasteiger charge is 2.23. The molecule has 0 unspecified atom stereocenters. The zero-order valence-corrected chi connectivity index (χ0v) is 20.2. The Morgan fingerprint density at radius 3 is 2.52 bits per heavy atom. The second-order valence-corrected chi connectivity index (χ2v) is 9.64. The number of sulfonamides is 1. The molecular formula is C17H28ClIN4O2S2. The summed E-state index contributed by atoms with van der Waals surface area (Å²) in [6.45, 7) is 4.89. The summed E-state index contributed by atoms with van der Waals surface area (Å²) in [6.07, 6.45) is 0.839. The summed E-state index contributed by atoms with van der Waals surface area (Å²) < 4.78 is 26.3. The van der Waals surface area contributed by atoms with Crippen molar-refractivity contribution in [1.29, 1.82) is 0 Å². The van der Waals surface area contributed by atoms with Gasteiger partial charge in [-0.1, -0.05) is 23.7 Å². The molecule has 1 heterocycles. The summed E-state index contributed by atoms with van der Waals surface area (Å²) >= 11 is 7.69. The van der Waals surface area contributed by atoms with E-state index in [0.29, 0.717) is 25.6 Å². The van der Waals surface area contributed by atoms with Crippen LogP contribution >= 0.6 is 47.3 Å². The molecule has 1 aliphatic rings. The zero-order valence-electron chi connectivity index (χ0n) is 15.5. The first-order valence-electron chi connectivity index (χ1n) is 8.83. The Kier molecular flexibility index (Phi) is 12.0. The van der Waals surface area contributed by atoms with E-state index >= 15 is 0 Å². The minimum absolute atomic E-state index is 0. The Labute approximate surface area is 189 Å². The second kappa shape index (κ2) is 13.1. The molecule has 2 rings (SSSR count). The van der Waals surface area contributed by atoms with Crippen LogP contribution in [-0.2, 0) is 16.4 Å². The Balaban J connectivity index is 0.00000364. The number of aliphatic imine (C=N–C) groups is 1. The molecule has 1 saturated heterocycles. The van der Waals surface area contributed by atoms with E-state index in [4.69, 9.17) is 11.6 Å². The van der Waals surface area contributed by atoms with Gasteiger partial charge < -0.3 is 10.6 Å². The lowest BCUT2D eigenvalue weighted by Crippen LogP contribution is -2.41. The molecule has 2 N–H and O–H groups in total. The maximum Gasteiger partial charge on any atom is 0.215 e. The SMILES string of the molecule is CCNC(=NCCS(=O)(=O)N1CCSCC1)NCCc1ccc(Cl)cc1.I. The summed E-state index contributed by atoms with van der Waals surface area (Å²) in [7, 11) is -3.22. The van der Waals surface area contributed by atoms with Crippen LogP contribution in [0.3, 0.4) is 0 Å². The number of nitrogens with zero attached hydrogens (tertiary/aromatic N) is 2. The summed E-state index contributed by atoms with van der Waals surface area (Å²) in [4.78, 5) is 4.40.